The second kappa shape index (κ2) is 8.29. The van der Waals surface area contributed by atoms with E-state index in [1.807, 2.05) is 22.4 Å². The third kappa shape index (κ3) is 3.98. The number of aryl methyl sites for hydroxylation is 2. The van der Waals surface area contributed by atoms with Crippen LogP contribution in [0.15, 0.2) is 29.6 Å². The fourth-order valence-electron chi connectivity index (χ4n) is 2.97. The average molecular weight is 389 g/mol. The van der Waals surface area contributed by atoms with Crippen molar-refractivity contribution in [3.63, 3.8) is 0 Å². The van der Waals surface area contributed by atoms with Crippen LogP contribution >= 0.6 is 22.7 Å². The van der Waals surface area contributed by atoms with Gasteiger partial charge in [0.25, 0.3) is 5.91 Å². The summed E-state index contributed by atoms with van der Waals surface area (Å²) in [4.78, 5) is 22.0. The molecule has 0 spiro atoms. The van der Waals surface area contributed by atoms with E-state index in [1.165, 1.54) is 27.4 Å². The van der Waals surface area contributed by atoms with Gasteiger partial charge in [0, 0.05) is 0 Å². The van der Waals surface area contributed by atoms with Crippen molar-refractivity contribution < 1.29 is 9.69 Å². The number of quaternary nitrogens is 1. The SMILES string of the molecule is CC[NH+](CC)CCN(C(=O)c1cccs1)c1nc2cc(C)c(C)cc2s1. The number of hydrogen-bond acceptors (Lipinski definition) is 4. The average Bonchev–Trinajstić information content (AvgIpc) is 3.29. The normalized spacial score (nSPS) is 11.4. The number of hydrogen-bond donors (Lipinski definition) is 1. The molecule has 6 heteroatoms. The molecule has 0 radical (unpaired) electrons. The third-order valence-electron chi connectivity index (χ3n) is 4.89. The zero-order valence-corrected chi connectivity index (χ0v) is 17.5. The van der Waals surface area contributed by atoms with E-state index < -0.39 is 0 Å². The molecule has 0 aliphatic heterocycles. The Morgan fingerprint density at radius 2 is 1.92 bits per heavy atom. The first-order chi connectivity index (χ1) is 12.5. The maximum atomic E-state index is 13.1. The number of nitrogens with zero attached hydrogens (tertiary/aromatic N) is 2. The molecule has 1 aromatic carbocycles. The molecule has 0 aliphatic carbocycles. The topological polar surface area (TPSA) is 37.6 Å². The Kier molecular flexibility index (Phi) is 6.06. The van der Waals surface area contributed by atoms with E-state index in [4.69, 9.17) is 4.98 Å². The first kappa shape index (κ1) is 19.0. The lowest BCUT2D eigenvalue weighted by Crippen LogP contribution is -3.12. The van der Waals surface area contributed by atoms with E-state index in [0.29, 0.717) is 6.54 Å². The number of carbonyl (C=O) groups excluding carboxylic acids is 1. The van der Waals surface area contributed by atoms with Crippen molar-refractivity contribution in [3.8, 4) is 0 Å². The number of carbonyl (C=O) groups is 1. The minimum Gasteiger partial charge on any atom is -0.334 e. The number of anilines is 1. The van der Waals surface area contributed by atoms with Crippen LogP contribution < -0.4 is 9.80 Å². The zero-order chi connectivity index (χ0) is 18.7. The number of fused-ring (bicyclic) bond motifs is 1. The van der Waals surface area contributed by atoms with Crippen LogP contribution in [0.3, 0.4) is 0 Å². The number of benzene rings is 1. The van der Waals surface area contributed by atoms with E-state index in [1.54, 1.807) is 11.3 Å². The molecule has 4 nitrogen and oxygen atoms in total. The van der Waals surface area contributed by atoms with Crippen molar-refractivity contribution in [2.75, 3.05) is 31.1 Å². The molecule has 3 rings (SSSR count). The van der Waals surface area contributed by atoms with Gasteiger partial charge in [-0.1, -0.05) is 17.4 Å². The summed E-state index contributed by atoms with van der Waals surface area (Å²) in [6.07, 6.45) is 0. The molecular weight excluding hydrogens is 362 g/mol. The Hall–Kier alpha value is -1.76. The number of thiophene rings is 1. The maximum Gasteiger partial charge on any atom is 0.270 e. The van der Waals surface area contributed by atoms with Crippen LogP contribution in [0.4, 0.5) is 5.13 Å². The predicted molar refractivity (Wildman–Crippen MR) is 112 cm³/mol. The summed E-state index contributed by atoms with van der Waals surface area (Å²) in [5, 5.41) is 2.75. The summed E-state index contributed by atoms with van der Waals surface area (Å²) >= 11 is 3.10. The van der Waals surface area contributed by atoms with Gasteiger partial charge in [-0.15, -0.1) is 11.3 Å². The second-order valence-corrected chi connectivity index (χ2v) is 8.50. The predicted octanol–water partition coefficient (Wildman–Crippen LogP) is 3.55. The van der Waals surface area contributed by atoms with Gasteiger partial charge in [-0.05, 0) is 62.4 Å². The number of likely N-dealkylation sites (N-methyl/N-ethyl adjacent to an activating group) is 1. The summed E-state index contributed by atoms with van der Waals surface area (Å²) < 4.78 is 1.14. The first-order valence-corrected chi connectivity index (χ1v) is 10.8. The molecule has 0 unspecified atom stereocenters. The molecule has 2 heterocycles. The molecule has 3 aromatic rings. The third-order valence-corrected chi connectivity index (χ3v) is 6.79. The van der Waals surface area contributed by atoms with Crippen molar-refractivity contribution >= 4 is 43.9 Å². The highest BCUT2D eigenvalue weighted by molar-refractivity contribution is 7.22. The van der Waals surface area contributed by atoms with Crippen LogP contribution in [-0.4, -0.2) is 37.1 Å². The minimum atomic E-state index is 0.0547. The van der Waals surface area contributed by atoms with Gasteiger partial charge in [0.2, 0.25) is 0 Å². The van der Waals surface area contributed by atoms with Crippen LogP contribution in [0.2, 0.25) is 0 Å². The highest BCUT2D eigenvalue weighted by Crippen LogP contribution is 2.31. The molecule has 0 aliphatic rings. The minimum absolute atomic E-state index is 0.0547. The number of amides is 1. The van der Waals surface area contributed by atoms with E-state index in [0.717, 1.165) is 39.9 Å². The molecule has 26 heavy (non-hydrogen) atoms. The van der Waals surface area contributed by atoms with Crippen molar-refractivity contribution in [1.29, 1.82) is 0 Å². The Morgan fingerprint density at radius 1 is 1.19 bits per heavy atom. The van der Waals surface area contributed by atoms with Crippen molar-refractivity contribution in [2.24, 2.45) is 0 Å². The first-order valence-electron chi connectivity index (χ1n) is 9.10. The fourth-order valence-corrected chi connectivity index (χ4v) is 4.72. The Bertz CT molecular complexity index is 843. The van der Waals surface area contributed by atoms with E-state index in [-0.39, 0.29) is 5.91 Å². The van der Waals surface area contributed by atoms with Crippen LogP contribution in [0.25, 0.3) is 10.2 Å². The smallest absolute Gasteiger partial charge is 0.270 e. The maximum absolute atomic E-state index is 13.1. The van der Waals surface area contributed by atoms with Gasteiger partial charge in [0.1, 0.15) is 0 Å². The molecule has 138 valence electrons. The van der Waals surface area contributed by atoms with Gasteiger partial charge < -0.3 is 4.90 Å². The summed E-state index contributed by atoms with van der Waals surface area (Å²) in [5.41, 5.74) is 3.47. The molecule has 1 amide bonds. The van der Waals surface area contributed by atoms with Crippen LogP contribution in [0.1, 0.15) is 34.6 Å². The standard InChI is InChI=1S/C20H25N3OS2/c1-5-22(6-2)9-10-23(19(24)17-8-7-11-25-17)20-21-16-12-14(3)15(4)13-18(16)26-20/h7-8,11-13H,5-6,9-10H2,1-4H3/p+1. The number of rotatable bonds is 7. The number of thiazole rings is 1. The van der Waals surface area contributed by atoms with Gasteiger partial charge in [0.05, 0.1) is 41.3 Å². The lowest BCUT2D eigenvalue weighted by atomic mass is 10.1. The summed E-state index contributed by atoms with van der Waals surface area (Å²) in [6.45, 7) is 12.3. The van der Waals surface area contributed by atoms with E-state index in [9.17, 15) is 4.79 Å². The summed E-state index contributed by atoms with van der Waals surface area (Å²) in [6, 6.07) is 8.12. The van der Waals surface area contributed by atoms with Gasteiger partial charge in [-0.2, -0.15) is 0 Å². The van der Waals surface area contributed by atoms with Crippen molar-refractivity contribution in [2.45, 2.75) is 27.7 Å². The van der Waals surface area contributed by atoms with Gasteiger partial charge >= 0.3 is 0 Å². The molecule has 1 N–H and O–H groups in total. The van der Waals surface area contributed by atoms with Crippen LogP contribution in [-0.2, 0) is 0 Å². The molecule has 2 aromatic heterocycles. The zero-order valence-electron chi connectivity index (χ0n) is 15.8. The van der Waals surface area contributed by atoms with Gasteiger partial charge in [-0.3, -0.25) is 9.69 Å². The largest absolute Gasteiger partial charge is 0.334 e. The van der Waals surface area contributed by atoms with Crippen LogP contribution in [0, 0.1) is 13.8 Å². The quantitative estimate of drug-likeness (QED) is 0.672. The van der Waals surface area contributed by atoms with E-state index >= 15 is 0 Å². The fraction of sp³-hybridized carbons (Fsp3) is 0.400. The van der Waals surface area contributed by atoms with E-state index in [2.05, 4.69) is 39.8 Å². The molecule has 0 fully saturated rings. The van der Waals surface area contributed by atoms with Crippen LogP contribution in [0.5, 0.6) is 0 Å². The van der Waals surface area contributed by atoms with Gasteiger partial charge in [0.15, 0.2) is 5.13 Å². The number of nitrogens with one attached hydrogen (secondary N) is 1. The Morgan fingerprint density at radius 3 is 2.58 bits per heavy atom. The molecule has 0 bridgehead atoms. The molecular formula is C20H26N3OS2+. The molecule has 0 atom stereocenters. The van der Waals surface area contributed by atoms with Crippen molar-refractivity contribution in [3.05, 3.63) is 45.6 Å². The highest BCUT2D eigenvalue weighted by atomic mass is 32.1. The molecule has 0 saturated heterocycles. The van der Waals surface area contributed by atoms with Gasteiger partial charge in [-0.25, -0.2) is 4.98 Å². The van der Waals surface area contributed by atoms with Crippen molar-refractivity contribution in [1.82, 2.24) is 4.98 Å². The summed E-state index contributed by atoms with van der Waals surface area (Å²) in [7, 11) is 0. The Labute approximate surface area is 163 Å². The second-order valence-electron chi connectivity index (χ2n) is 6.54. The summed E-state index contributed by atoms with van der Waals surface area (Å²) in [5.74, 6) is 0.0547. The highest BCUT2D eigenvalue weighted by Gasteiger charge is 2.23. The lowest BCUT2D eigenvalue weighted by molar-refractivity contribution is -0.894. The lowest BCUT2D eigenvalue weighted by Gasteiger charge is -2.22. The Balaban J connectivity index is 1.95. The molecule has 0 saturated carbocycles. The number of aromatic nitrogens is 1. The monoisotopic (exact) mass is 388 g/mol.